The van der Waals surface area contributed by atoms with Gasteiger partial charge < -0.3 is 15.4 Å². The Hall–Kier alpha value is -1.76. The van der Waals surface area contributed by atoms with Gasteiger partial charge in [0.15, 0.2) is 6.61 Å². The van der Waals surface area contributed by atoms with Crippen LogP contribution in [0.1, 0.15) is 19.3 Å². The maximum Gasteiger partial charge on any atom is 0.422 e. The Balaban J connectivity index is 1.51. The third kappa shape index (κ3) is 3.96. The quantitative estimate of drug-likeness (QED) is 0.893. The third-order valence-corrected chi connectivity index (χ3v) is 4.63. The molecule has 0 bridgehead atoms. The van der Waals surface area contributed by atoms with Gasteiger partial charge in [0.2, 0.25) is 5.91 Å². The number of halogens is 3. The number of ether oxygens (including phenoxy) is 1. The van der Waals surface area contributed by atoms with Gasteiger partial charge in [-0.25, -0.2) is 0 Å². The number of alkyl halides is 3. The first kappa shape index (κ1) is 16.1. The van der Waals surface area contributed by atoms with E-state index in [1.54, 1.807) is 12.1 Å². The summed E-state index contributed by atoms with van der Waals surface area (Å²) >= 11 is 0. The van der Waals surface area contributed by atoms with Crippen molar-refractivity contribution in [2.45, 2.75) is 25.4 Å². The lowest BCUT2D eigenvalue weighted by atomic mass is 9.92. The molecule has 1 spiro atoms. The SMILES string of the molecule is O=C(Nc1ccc(OCC(F)(F)F)cc1)C1CC12CCNCC2. The van der Waals surface area contributed by atoms with Crippen LogP contribution in [0.25, 0.3) is 0 Å². The summed E-state index contributed by atoms with van der Waals surface area (Å²) in [7, 11) is 0. The monoisotopic (exact) mass is 328 g/mol. The lowest BCUT2D eigenvalue weighted by Gasteiger charge is -2.23. The predicted octanol–water partition coefficient (Wildman–Crippen LogP) is 2.96. The number of rotatable bonds is 4. The molecule has 1 aliphatic heterocycles. The zero-order valence-corrected chi connectivity index (χ0v) is 12.6. The van der Waals surface area contributed by atoms with E-state index in [0.717, 1.165) is 32.4 Å². The zero-order chi connectivity index (χ0) is 16.5. The molecule has 1 aromatic carbocycles. The number of carbonyl (C=O) groups is 1. The molecule has 23 heavy (non-hydrogen) atoms. The number of hydrogen-bond donors (Lipinski definition) is 2. The molecule has 7 heteroatoms. The molecule has 0 aromatic heterocycles. The van der Waals surface area contributed by atoms with Gasteiger partial charge in [0.05, 0.1) is 0 Å². The van der Waals surface area contributed by atoms with Gasteiger partial charge in [0.25, 0.3) is 0 Å². The Bertz CT molecular complexity index is 566. The molecule has 2 fully saturated rings. The second-order valence-electron chi connectivity index (χ2n) is 6.29. The molecule has 4 nitrogen and oxygen atoms in total. The summed E-state index contributed by atoms with van der Waals surface area (Å²) in [5, 5.41) is 6.13. The van der Waals surface area contributed by atoms with Crippen LogP contribution in [0.15, 0.2) is 24.3 Å². The number of amides is 1. The Labute approximate surface area is 132 Å². The Morgan fingerprint density at radius 1 is 1.26 bits per heavy atom. The summed E-state index contributed by atoms with van der Waals surface area (Å²) in [5.74, 6) is 0.170. The van der Waals surface area contributed by atoms with E-state index in [9.17, 15) is 18.0 Å². The third-order valence-electron chi connectivity index (χ3n) is 4.63. The largest absolute Gasteiger partial charge is 0.484 e. The Morgan fingerprint density at radius 2 is 1.91 bits per heavy atom. The molecule has 1 amide bonds. The molecule has 1 aliphatic carbocycles. The van der Waals surface area contributed by atoms with Gasteiger partial charge in [-0.2, -0.15) is 13.2 Å². The van der Waals surface area contributed by atoms with Gasteiger partial charge in [0.1, 0.15) is 5.75 Å². The van der Waals surface area contributed by atoms with Crippen molar-refractivity contribution < 1.29 is 22.7 Å². The molecule has 1 atom stereocenters. The number of benzene rings is 1. The van der Waals surface area contributed by atoms with Gasteiger partial charge in [-0.05, 0) is 62.0 Å². The average molecular weight is 328 g/mol. The van der Waals surface area contributed by atoms with Crippen LogP contribution in [0.2, 0.25) is 0 Å². The van der Waals surface area contributed by atoms with Crippen LogP contribution in [0.3, 0.4) is 0 Å². The van der Waals surface area contributed by atoms with Crippen LogP contribution in [0.5, 0.6) is 5.75 Å². The number of nitrogens with one attached hydrogen (secondary N) is 2. The molecule has 1 saturated carbocycles. The van der Waals surface area contributed by atoms with E-state index < -0.39 is 12.8 Å². The van der Waals surface area contributed by atoms with Crippen molar-refractivity contribution in [1.82, 2.24) is 5.32 Å². The molecule has 1 heterocycles. The normalized spacial score (nSPS) is 22.7. The van der Waals surface area contributed by atoms with Crippen LogP contribution in [-0.2, 0) is 4.79 Å². The first-order chi connectivity index (χ1) is 10.9. The first-order valence-electron chi connectivity index (χ1n) is 7.69. The highest BCUT2D eigenvalue weighted by Gasteiger charge is 2.57. The van der Waals surface area contributed by atoms with Gasteiger partial charge in [-0.1, -0.05) is 0 Å². The van der Waals surface area contributed by atoms with E-state index in [2.05, 4.69) is 15.4 Å². The van der Waals surface area contributed by atoms with Crippen LogP contribution >= 0.6 is 0 Å². The fourth-order valence-electron chi connectivity index (χ4n) is 3.22. The number of carbonyl (C=O) groups excluding carboxylic acids is 1. The van der Waals surface area contributed by atoms with Gasteiger partial charge in [-0.15, -0.1) is 0 Å². The summed E-state index contributed by atoms with van der Waals surface area (Å²) in [6.45, 7) is 0.585. The summed E-state index contributed by atoms with van der Waals surface area (Å²) < 4.78 is 40.9. The van der Waals surface area contributed by atoms with E-state index in [1.807, 2.05) is 0 Å². The topological polar surface area (TPSA) is 50.4 Å². The van der Waals surface area contributed by atoms with Crippen molar-refractivity contribution >= 4 is 11.6 Å². The van der Waals surface area contributed by atoms with Crippen molar-refractivity contribution in [2.24, 2.45) is 11.3 Å². The van der Waals surface area contributed by atoms with Gasteiger partial charge >= 0.3 is 6.18 Å². The highest BCUT2D eigenvalue weighted by atomic mass is 19.4. The standard InChI is InChI=1S/C16H19F3N2O2/c17-16(18,19)10-23-12-3-1-11(2-4-12)21-14(22)13-9-15(13)5-7-20-8-6-15/h1-4,13,20H,5-10H2,(H,21,22). The second-order valence-corrected chi connectivity index (χ2v) is 6.29. The maximum absolute atomic E-state index is 12.3. The maximum atomic E-state index is 12.3. The summed E-state index contributed by atoms with van der Waals surface area (Å²) in [6.07, 6.45) is -1.39. The van der Waals surface area contributed by atoms with Crippen molar-refractivity contribution in [1.29, 1.82) is 0 Å². The van der Waals surface area contributed by atoms with Crippen molar-refractivity contribution in [2.75, 3.05) is 25.0 Å². The van der Waals surface area contributed by atoms with Gasteiger partial charge in [-0.3, -0.25) is 4.79 Å². The smallest absolute Gasteiger partial charge is 0.422 e. The Morgan fingerprint density at radius 3 is 2.52 bits per heavy atom. The van der Waals surface area contributed by atoms with Crippen molar-refractivity contribution in [3.63, 3.8) is 0 Å². The highest BCUT2D eigenvalue weighted by molar-refractivity contribution is 5.95. The lowest BCUT2D eigenvalue weighted by Crippen LogP contribution is -2.31. The minimum atomic E-state index is -4.36. The zero-order valence-electron chi connectivity index (χ0n) is 12.6. The first-order valence-corrected chi connectivity index (χ1v) is 7.69. The number of piperidine rings is 1. The van der Waals surface area contributed by atoms with E-state index >= 15 is 0 Å². The molecular weight excluding hydrogens is 309 g/mol. The van der Waals surface area contributed by atoms with Crippen LogP contribution in [-0.4, -0.2) is 31.8 Å². The predicted molar refractivity (Wildman–Crippen MR) is 79.3 cm³/mol. The highest BCUT2D eigenvalue weighted by Crippen LogP contribution is 2.58. The molecule has 1 unspecified atom stereocenters. The number of hydrogen-bond acceptors (Lipinski definition) is 3. The molecule has 126 valence electrons. The van der Waals surface area contributed by atoms with Crippen LogP contribution in [0, 0.1) is 11.3 Å². The average Bonchev–Trinajstić information content (AvgIpc) is 3.20. The summed E-state index contributed by atoms with van der Waals surface area (Å²) in [5.41, 5.74) is 0.732. The molecule has 1 aromatic rings. The molecular formula is C16H19F3N2O2. The van der Waals surface area contributed by atoms with E-state index in [1.165, 1.54) is 12.1 Å². The lowest BCUT2D eigenvalue weighted by molar-refractivity contribution is -0.153. The second kappa shape index (κ2) is 6.03. The molecule has 0 radical (unpaired) electrons. The fraction of sp³-hybridized carbons (Fsp3) is 0.562. The van der Waals surface area contributed by atoms with E-state index in [4.69, 9.17) is 0 Å². The van der Waals surface area contributed by atoms with E-state index in [-0.39, 0.29) is 23.0 Å². The fourth-order valence-corrected chi connectivity index (χ4v) is 3.22. The van der Waals surface area contributed by atoms with Gasteiger partial charge in [0, 0.05) is 11.6 Å². The van der Waals surface area contributed by atoms with Crippen molar-refractivity contribution in [3.05, 3.63) is 24.3 Å². The molecule has 2 N–H and O–H groups in total. The summed E-state index contributed by atoms with van der Waals surface area (Å²) in [6, 6.07) is 5.96. The summed E-state index contributed by atoms with van der Waals surface area (Å²) in [4.78, 5) is 12.3. The van der Waals surface area contributed by atoms with Crippen molar-refractivity contribution in [3.8, 4) is 5.75 Å². The molecule has 3 rings (SSSR count). The number of anilines is 1. The van der Waals surface area contributed by atoms with Crippen LogP contribution < -0.4 is 15.4 Å². The van der Waals surface area contributed by atoms with E-state index in [0.29, 0.717) is 5.69 Å². The molecule has 2 aliphatic rings. The molecule has 1 saturated heterocycles. The minimum absolute atomic E-state index is 0.00383. The minimum Gasteiger partial charge on any atom is -0.484 e. The van der Waals surface area contributed by atoms with Crippen LogP contribution in [0.4, 0.5) is 18.9 Å². The Kier molecular flexibility index (Phi) is 4.23.